The number of alkyl halides is 1. The Labute approximate surface area is 90.9 Å². The first-order valence-corrected chi connectivity index (χ1v) is 5.50. The topological polar surface area (TPSA) is 16.1 Å². The van der Waals surface area contributed by atoms with Crippen LogP contribution in [-0.2, 0) is 6.54 Å². The molecule has 2 nitrogen and oxygen atoms in total. The molecule has 1 rings (SSSR count). The van der Waals surface area contributed by atoms with Crippen molar-refractivity contribution in [2.24, 2.45) is 0 Å². The Morgan fingerprint density at radius 2 is 2.29 bits per heavy atom. The molecule has 0 unspecified atom stereocenters. The molecule has 3 heteroatoms. The van der Waals surface area contributed by atoms with Crippen molar-refractivity contribution >= 4 is 11.6 Å². The zero-order valence-corrected chi connectivity index (χ0v) is 9.37. The zero-order valence-electron chi connectivity index (χ0n) is 8.62. The monoisotopic (exact) mass is 212 g/mol. The Morgan fingerprint density at radius 1 is 1.43 bits per heavy atom. The molecule has 1 aromatic rings. The molecule has 78 valence electrons. The van der Waals surface area contributed by atoms with Gasteiger partial charge in [0.15, 0.2) is 0 Å². The number of hydrogen-bond acceptors (Lipinski definition) is 2. The third-order valence-corrected chi connectivity index (χ3v) is 2.37. The van der Waals surface area contributed by atoms with Crippen LogP contribution in [-0.4, -0.2) is 29.4 Å². The summed E-state index contributed by atoms with van der Waals surface area (Å²) in [5, 5.41) is 0. The van der Waals surface area contributed by atoms with E-state index in [1.165, 1.54) is 12.0 Å². The van der Waals surface area contributed by atoms with Gasteiger partial charge in [-0.05, 0) is 38.1 Å². The Morgan fingerprint density at radius 3 is 2.93 bits per heavy atom. The van der Waals surface area contributed by atoms with Crippen molar-refractivity contribution in [2.75, 3.05) is 19.5 Å². The van der Waals surface area contributed by atoms with Crippen LogP contribution in [0.4, 0.5) is 0 Å². The third-order valence-electron chi connectivity index (χ3n) is 2.10. The lowest BCUT2D eigenvalue weighted by Gasteiger charge is -2.15. The average molecular weight is 213 g/mol. The second-order valence-corrected chi connectivity index (χ2v) is 3.87. The van der Waals surface area contributed by atoms with E-state index in [2.05, 4.69) is 23.0 Å². The summed E-state index contributed by atoms with van der Waals surface area (Å²) in [6.45, 7) is 2.07. The second-order valence-electron chi connectivity index (χ2n) is 3.50. The second kappa shape index (κ2) is 6.80. The van der Waals surface area contributed by atoms with Crippen LogP contribution in [0.25, 0.3) is 0 Å². The number of nitrogens with zero attached hydrogens (tertiary/aromatic N) is 2. The van der Waals surface area contributed by atoms with Gasteiger partial charge in [-0.2, -0.15) is 0 Å². The molecule has 0 aliphatic rings. The number of halogens is 1. The van der Waals surface area contributed by atoms with Gasteiger partial charge in [0.1, 0.15) is 0 Å². The minimum Gasteiger partial charge on any atom is -0.302 e. The molecule has 0 saturated carbocycles. The SMILES string of the molecule is CN(CCCCCl)Cc1cccnc1. The highest BCUT2D eigenvalue weighted by molar-refractivity contribution is 6.17. The summed E-state index contributed by atoms with van der Waals surface area (Å²) in [5.41, 5.74) is 1.26. The molecule has 1 aromatic heterocycles. The molecule has 0 spiro atoms. The molecule has 0 fully saturated rings. The largest absolute Gasteiger partial charge is 0.302 e. The van der Waals surface area contributed by atoms with Crippen LogP contribution in [0.15, 0.2) is 24.5 Å². The van der Waals surface area contributed by atoms with E-state index in [1.807, 2.05) is 12.3 Å². The maximum absolute atomic E-state index is 5.62. The molecule has 0 radical (unpaired) electrons. The number of pyridine rings is 1. The normalized spacial score (nSPS) is 10.8. The highest BCUT2D eigenvalue weighted by atomic mass is 35.5. The summed E-state index contributed by atoms with van der Waals surface area (Å²) >= 11 is 5.62. The smallest absolute Gasteiger partial charge is 0.0312 e. The van der Waals surface area contributed by atoms with Crippen molar-refractivity contribution in [3.63, 3.8) is 0 Å². The van der Waals surface area contributed by atoms with E-state index in [-0.39, 0.29) is 0 Å². The summed E-state index contributed by atoms with van der Waals surface area (Å²) in [4.78, 5) is 6.38. The fraction of sp³-hybridized carbons (Fsp3) is 0.545. The van der Waals surface area contributed by atoms with Gasteiger partial charge in [-0.15, -0.1) is 11.6 Å². The molecule has 0 atom stereocenters. The van der Waals surface area contributed by atoms with Crippen molar-refractivity contribution in [3.8, 4) is 0 Å². The first-order valence-electron chi connectivity index (χ1n) is 4.96. The number of rotatable bonds is 6. The van der Waals surface area contributed by atoms with Crippen molar-refractivity contribution < 1.29 is 0 Å². The van der Waals surface area contributed by atoms with Crippen LogP contribution < -0.4 is 0 Å². The molecule has 0 aliphatic carbocycles. The first-order chi connectivity index (χ1) is 6.83. The summed E-state index contributed by atoms with van der Waals surface area (Å²) in [5.74, 6) is 0.765. The molecule has 0 saturated heterocycles. The minimum absolute atomic E-state index is 0.765. The van der Waals surface area contributed by atoms with Gasteiger partial charge < -0.3 is 4.90 Å². The Hall–Kier alpha value is -0.600. The fourth-order valence-corrected chi connectivity index (χ4v) is 1.55. The Kier molecular flexibility index (Phi) is 5.57. The predicted octanol–water partition coefficient (Wildman–Crippen LogP) is 2.53. The molecule has 0 aromatic carbocycles. The maximum atomic E-state index is 5.62. The zero-order chi connectivity index (χ0) is 10.2. The van der Waals surface area contributed by atoms with Gasteiger partial charge in [0, 0.05) is 24.8 Å². The predicted molar refractivity (Wildman–Crippen MR) is 60.5 cm³/mol. The van der Waals surface area contributed by atoms with E-state index in [4.69, 9.17) is 11.6 Å². The van der Waals surface area contributed by atoms with Crippen LogP contribution in [0.2, 0.25) is 0 Å². The summed E-state index contributed by atoms with van der Waals surface area (Å²) in [6.07, 6.45) is 5.98. The standard InChI is InChI=1S/C11H17ClN2/c1-14(8-3-2-6-12)10-11-5-4-7-13-9-11/h4-5,7,9H,2-3,6,8,10H2,1H3. The molecule has 0 N–H and O–H groups in total. The molecule has 0 aliphatic heterocycles. The van der Waals surface area contributed by atoms with Gasteiger partial charge in [0.2, 0.25) is 0 Å². The Balaban J connectivity index is 2.23. The van der Waals surface area contributed by atoms with E-state index in [1.54, 1.807) is 6.20 Å². The van der Waals surface area contributed by atoms with Crippen molar-refractivity contribution in [1.29, 1.82) is 0 Å². The molecular weight excluding hydrogens is 196 g/mol. The van der Waals surface area contributed by atoms with Crippen molar-refractivity contribution in [1.82, 2.24) is 9.88 Å². The minimum atomic E-state index is 0.765. The van der Waals surface area contributed by atoms with Gasteiger partial charge in [-0.25, -0.2) is 0 Å². The maximum Gasteiger partial charge on any atom is 0.0312 e. The molecule has 14 heavy (non-hydrogen) atoms. The van der Waals surface area contributed by atoms with Gasteiger partial charge in [0.25, 0.3) is 0 Å². The Bertz CT molecular complexity index is 238. The van der Waals surface area contributed by atoms with Crippen LogP contribution in [0, 0.1) is 0 Å². The summed E-state index contributed by atoms with van der Waals surface area (Å²) in [6, 6.07) is 4.08. The van der Waals surface area contributed by atoms with Crippen molar-refractivity contribution in [2.45, 2.75) is 19.4 Å². The number of hydrogen-bond donors (Lipinski definition) is 0. The lowest BCUT2D eigenvalue weighted by atomic mass is 10.2. The average Bonchev–Trinajstić information content (AvgIpc) is 2.20. The number of aromatic nitrogens is 1. The van der Waals surface area contributed by atoms with Gasteiger partial charge >= 0.3 is 0 Å². The van der Waals surface area contributed by atoms with E-state index in [0.717, 1.165) is 25.4 Å². The van der Waals surface area contributed by atoms with E-state index in [0.29, 0.717) is 0 Å². The quantitative estimate of drug-likeness (QED) is 0.532. The van der Waals surface area contributed by atoms with Crippen LogP contribution in [0.5, 0.6) is 0 Å². The summed E-state index contributed by atoms with van der Waals surface area (Å²) in [7, 11) is 2.13. The lowest BCUT2D eigenvalue weighted by molar-refractivity contribution is 0.321. The van der Waals surface area contributed by atoms with Crippen LogP contribution in [0.3, 0.4) is 0 Å². The van der Waals surface area contributed by atoms with Crippen molar-refractivity contribution in [3.05, 3.63) is 30.1 Å². The van der Waals surface area contributed by atoms with Crippen LogP contribution >= 0.6 is 11.6 Å². The van der Waals surface area contributed by atoms with Gasteiger partial charge in [-0.1, -0.05) is 6.07 Å². The first kappa shape index (κ1) is 11.5. The van der Waals surface area contributed by atoms with E-state index >= 15 is 0 Å². The lowest BCUT2D eigenvalue weighted by Crippen LogP contribution is -2.19. The van der Waals surface area contributed by atoms with Gasteiger partial charge in [-0.3, -0.25) is 4.98 Å². The van der Waals surface area contributed by atoms with Gasteiger partial charge in [0.05, 0.1) is 0 Å². The van der Waals surface area contributed by atoms with E-state index < -0.39 is 0 Å². The summed E-state index contributed by atoms with van der Waals surface area (Å²) < 4.78 is 0. The molecule has 0 bridgehead atoms. The molecular formula is C11H17ClN2. The van der Waals surface area contributed by atoms with Crippen LogP contribution in [0.1, 0.15) is 18.4 Å². The number of unbranched alkanes of at least 4 members (excludes halogenated alkanes) is 1. The fourth-order valence-electron chi connectivity index (χ4n) is 1.36. The highest BCUT2D eigenvalue weighted by Gasteiger charge is 1.99. The molecule has 1 heterocycles. The third kappa shape index (κ3) is 4.58. The molecule has 0 amide bonds. The van der Waals surface area contributed by atoms with E-state index in [9.17, 15) is 0 Å². The highest BCUT2D eigenvalue weighted by Crippen LogP contribution is 2.02.